The molecule has 0 aromatic heterocycles. The van der Waals surface area contributed by atoms with Gasteiger partial charge in [-0.05, 0) is 35.0 Å². The van der Waals surface area contributed by atoms with Crippen molar-refractivity contribution in [1.29, 1.82) is 0 Å². The van der Waals surface area contributed by atoms with Gasteiger partial charge in [0.2, 0.25) is 0 Å². The Hall–Kier alpha value is -0.450. The van der Waals surface area contributed by atoms with Crippen molar-refractivity contribution in [2.24, 2.45) is 5.92 Å². The van der Waals surface area contributed by atoms with Gasteiger partial charge in [-0.25, -0.2) is 4.39 Å². The van der Waals surface area contributed by atoms with Crippen molar-refractivity contribution in [2.75, 3.05) is 19.8 Å². The van der Waals surface area contributed by atoms with Crippen molar-refractivity contribution < 1.29 is 9.13 Å². The smallest absolute Gasteiger partial charge is 0.142 e. The van der Waals surface area contributed by atoms with E-state index in [-0.39, 0.29) is 11.9 Å². The molecule has 0 saturated carbocycles. The van der Waals surface area contributed by atoms with Crippen LogP contribution in [-0.4, -0.2) is 19.8 Å². The molecule has 0 spiro atoms. The summed E-state index contributed by atoms with van der Waals surface area (Å²) >= 11 is 3.24. The fourth-order valence-corrected chi connectivity index (χ4v) is 2.71. The summed E-state index contributed by atoms with van der Waals surface area (Å²) in [5, 5.41) is 3.37. The summed E-state index contributed by atoms with van der Waals surface area (Å²) in [6, 6.07) is 5.50. The first-order valence-corrected chi connectivity index (χ1v) is 6.78. The molecule has 0 radical (unpaired) electrons. The Kier molecular flexibility index (Phi) is 4.54. The third-order valence-corrected chi connectivity index (χ3v) is 3.79. The summed E-state index contributed by atoms with van der Waals surface area (Å²) < 4.78 is 20.0. The Morgan fingerprint density at radius 2 is 2.41 bits per heavy atom. The Labute approximate surface area is 110 Å². The van der Waals surface area contributed by atoms with E-state index in [1.54, 1.807) is 6.07 Å². The zero-order valence-corrected chi connectivity index (χ0v) is 11.5. The van der Waals surface area contributed by atoms with E-state index in [4.69, 9.17) is 4.74 Å². The van der Waals surface area contributed by atoms with Crippen LogP contribution in [-0.2, 0) is 4.74 Å². The van der Waals surface area contributed by atoms with Gasteiger partial charge in [-0.3, -0.25) is 0 Å². The van der Waals surface area contributed by atoms with Gasteiger partial charge in [-0.2, -0.15) is 0 Å². The minimum absolute atomic E-state index is 0.0417. The van der Waals surface area contributed by atoms with Crippen molar-refractivity contribution in [3.05, 3.63) is 34.1 Å². The predicted molar refractivity (Wildman–Crippen MR) is 69.4 cm³/mol. The van der Waals surface area contributed by atoms with Crippen LogP contribution < -0.4 is 5.32 Å². The molecule has 17 heavy (non-hydrogen) atoms. The molecule has 1 aliphatic heterocycles. The maximum absolute atomic E-state index is 14.1. The maximum atomic E-state index is 14.1. The molecular formula is C13H17BrFNO. The first-order valence-electron chi connectivity index (χ1n) is 5.99. The number of halogens is 2. The standard InChI is InChI=1S/C13H17BrFNO/c1-2-16-13(9-6-7-17-8-9)10-4-3-5-11(14)12(10)15/h3-5,9,13,16H,2,6-8H2,1H3. The molecule has 94 valence electrons. The molecule has 1 aromatic rings. The van der Waals surface area contributed by atoms with E-state index in [1.165, 1.54) is 0 Å². The molecule has 0 amide bonds. The van der Waals surface area contributed by atoms with Gasteiger partial charge in [0, 0.05) is 24.1 Å². The van der Waals surface area contributed by atoms with Crippen molar-refractivity contribution >= 4 is 15.9 Å². The highest BCUT2D eigenvalue weighted by Crippen LogP contribution is 2.32. The number of benzene rings is 1. The number of rotatable bonds is 4. The molecule has 0 bridgehead atoms. The van der Waals surface area contributed by atoms with E-state index in [0.29, 0.717) is 17.0 Å². The van der Waals surface area contributed by atoms with Crippen LogP contribution in [0.5, 0.6) is 0 Å². The Morgan fingerprint density at radius 1 is 1.59 bits per heavy atom. The van der Waals surface area contributed by atoms with Crippen molar-refractivity contribution in [2.45, 2.75) is 19.4 Å². The molecule has 1 N–H and O–H groups in total. The topological polar surface area (TPSA) is 21.3 Å². The van der Waals surface area contributed by atoms with Gasteiger partial charge < -0.3 is 10.1 Å². The molecule has 1 fully saturated rings. The van der Waals surface area contributed by atoms with Gasteiger partial charge in [0.1, 0.15) is 5.82 Å². The lowest BCUT2D eigenvalue weighted by molar-refractivity contribution is 0.176. The van der Waals surface area contributed by atoms with Gasteiger partial charge in [0.15, 0.2) is 0 Å². The average molecular weight is 302 g/mol. The van der Waals surface area contributed by atoms with E-state index in [1.807, 2.05) is 19.1 Å². The molecule has 0 aliphatic carbocycles. The van der Waals surface area contributed by atoms with Gasteiger partial charge in [-0.1, -0.05) is 19.1 Å². The van der Waals surface area contributed by atoms with E-state index in [9.17, 15) is 4.39 Å². The summed E-state index contributed by atoms with van der Waals surface area (Å²) in [4.78, 5) is 0. The van der Waals surface area contributed by atoms with Crippen molar-refractivity contribution in [3.8, 4) is 0 Å². The summed E-state index contributed by atoms with van der Waals surface area (Å²) in [6.45, 7) is 4.36. The lowest BCUT2D eigenvalue weighted by atomic mass is 9.92. The van der Waals surface area contributed by atoms with Gasteiger partial charge in [0.05, 0.1) is 11.1 Å². The lowest BCUT2D eigenvalue weighted by Crippen LogP contribution is -2.29. The van der Waals surface area contributed by atoms with Crippen LogP contribution in [0.25, 0.3) is 0 Å². The molecule has 1 heterocycles. The molecule has 4 heteroatoms. The highest BCUT2D eigenvalue weighted by molar-refractivity contribution is 9.10. The highest BCUT2D eigenvalue weighted by Gasteiger charge is 2.28. The zero-order chi connectivity index (χ0) is 12.3. The molecular weight excluding hydrogens is 285 g/mol. The van der Waals surface area contributed by atoms with Gasteiger partial charge >= 0.3 is 0 Å². The summed E-state index contributed by atoms with van der Waals surface area (Å²) in [5.41, 5.74) is 0.733. The summed E-state index contributed by atoms with van der Waals surface area (Å²) in [5.74, 6) is 0.198. The van der Waals surface area contributed by atoms with Crippen LogP contribution in [0.2, 0.25) is 0 Å². The lowest BCUT2D eigenvalue weighted by Gasteiger charge is -2.24. The minimum atomic E-state index is -0.162. The molecule has 2 unspecified atom stereocenters. The third-order valence-electron chi connectivity index (χ3n) is 3.18. The van der Waals surface area contributed by atoms with Crippen LogP contribution >= 0.6 is 15.9 Å². The normalized spacial score (nSPS) is 21.7. The van der Waals surface area contributed by atoms with Crippen molar-refractivity contribution in [1.82, 2.24) is 5.32 Å². The Balaban J connectivity index is 2.27. The highest BCUT2D eigenvalue weighted by atomic mass is 79.9. The van der Waals surface area contributed by atoms with E-state index in [2.05, 4.69) is 21.2 Å². The quantitative estimate of drug-likeness (QED) is 0.921. The van der Waals surface area contributed by atoms with Crippen LogP contribution in [0, 0.1) is 11.7 Å². The summed E-state index contributed by atoms with van der Waals surface area (Å²) in [7, 11) is 0. The molecule has 2 atom stereocenters. The first kappa shape index (κ1) is 13.0. The van der Waals surface area contributed by atoms with Crippen LogP contribution in [0.3, 0.4) is 0 Å². The second-order valence-corrected chi connectivity index (χ2v) is 5.16. The monoisotopic (exact) mass is 301 g/mol. The van der Waals surface area contributed by atoms with Gasteiger partial charge in [-0.15, -0.1) is 0 Å². The van der Waals surface area contributed by atoms with E-state index < -0.39 is 0 Å². The molecule has 2 nitrogen and oxygen atoms in total. The largest absolute Gasteiger partial charge is 0.381 e. The van der Waals surface area contributed by atoms with Crippen LogP contribution in [0.15, 0.2) is 22.7 Å². The fourth-order valence-electron chi connectivity index (χ4n) is 2.33. The number of hydrogen-bond donors (Lipinski definition) is 1. The number of nitrogens with one attached hydrogen (secondary N) is 1. The second-order valence-electron chi connectivity index (χ2n) is 4.30. The molecule has 1 saturated heterocycles. The number of ether oxygens (including phenoxy) is 1. The predicted octanol–water partition coefficient (Wildman–Crippen LogP) is 3.28. The first-order chi connectivity index (χ1) is 8.24. The third kappa shape index (κ3) is 2.87. The van der Waals surface area contributed by atoms with E-state index >= 15 is 0 Å². The minimum Gasteiger partial charge on any atom is -0.381 e. The average Bonchev–Trinajstić information content (AvgIpc) is 2.84. The van der Waals surface area contributed by atoms with Crippen molar-refractivity contribution in [3.63, 3.8) is 0 Å². The van der Waals surface area contributed by atoms with Crippen LogP contribution in [0.4, 0.5) is 4.39 Å². The Morgan fingerprint density at radius 3 is 3.06 bits per heavy atom. The molecule has 2 rings (SSSR count). The maximum Gasteiger partial charge on any atom is 0.142 e. The van der Waals surface area contributed by atoms with E-state index in [0.717, 1.165) is 25.1 Å². The fraction of sp³-hybridized carbons (Fsp3) is 0.538. The zero-order valence-electron chi connectivity index (χ0n) is 9.88. The SMILES string of the molecule is CCNC(c1cccc(Br)c1F)C1CCOC1. The molecule has 1 aromatic carbocycles. The van der Waals surface area contributed by atoms with Crippen LogP contribution in [0.1, 0.15) is 24.9 Å². The Bertz CT molecular complexity index is 380. The molecule has 1 aliphatic rings. The number of hydrogen-bond acceptors (Lipinski definition) is 2. The van der Waals surface area contributed by atoms with Gasteiger partial charge in [0.25, 0.3) is 0 Å². The second kappa shape index (κ2) is 5.94. The summed E-state index contributed by atoms with van der Waals surface area (Å²) in [6.07, 6.45) is 0.990.